The monoisotopic (exact) mass is 292 g/mol. The summed E-state index contributed by atoms with van der Waals surface area (Å²) in [6.45, 7) is 0. The van der Waals surface area contributed by atoms with Gasteiger partial charge in [-0.15, -0.1) is 0 Å². The van der Waals surface area contributed by atoms with Crippen LogP contribution in [-0.4, -0.2) is 38.3 Å². The Morgan fingerprint density at radius 3 is 2.73 bits per heavy atom. The highest BCUT2D eigenvalue weighted by Gasteiger charge is 2.38. The van der Waals surface area contributed by atoms with Crippen molar-refractivity contribution in [3.63, 3.8) is 0 Å². The van der Waals surface area contributed by atoms with E-state index in [9.17, 15) is 9.59 Å². The molecule has 0 unspecified atom stereocenters. The molecule has 3 heterocycles. The van der Waals surface area contributed by atoms with Gasteiger partial charge in [0.1, 0.15) is 5.70 Å². The molecule has 0 radical (unpaired) electrons. The van der Waals surface area contributed by atoms with E-state index in [1.165, 1.54) is 13.4 Å². The number of rotatable bonds is 2. The lowest BCUT2D eigenvalue weighted by Gasteiger charge is -2.06. The maximum Gasteiger partial charge on any atom is 0.278 e. The number of carbonyl (C=O) groups excluding carboxylic acids is 2. The Morgan fingerprint density at radius 1 is 1.14 bits per heavy atom. The van der Waals surface area contributed by atoms with E-state index in [0.29, 0.717) is 11.3 Å². The molecule has 0 aliphatic carbocycles. The maximum absolute atomic E-state index is 12.6. The quantitative estimate of drug-likeness (QED) is 0.731. The first-order valence-electron chi connectivity index (χ1n) is 6.80. The molecule has 6 heteroatoms. The number of aromatic nitrogens is 3. The molecule has 4 rings (SSSR count). The average molecular weight is 292 g/mol. The lowest BCUT2D eigenvalue weighted by molar-refractivity contribution is -0.134. The SMILES string of the molecule is CN1C(=O)C(c2c[nH]c3ccccc23)=C(n2ccnc2)C1=O. The van der Waals surface area contributed by atoms with Gasteiger partial charge in [-0.3, -0.25) is 14.5 Å². The number of nitrogens with one attached hydrogen (secondary N) is 1. The number of imide groups is 1. The third-order valence-corrected chi connectivity index (χ3v) is 3.88. The van der Waals surface area contributed by atoms with Crippen molar-refractivity contribution >= 4 is 34.0 Å². The highest BCUT2D eigenvalue weighted by atomic mass is 16.2. The van der Waals surface area contributed by atoms with E-state index >= 15 is 0 Å². The van der Waals surface area contributed by atoms with Gasteiger partial charge in [-0.05, 0) is 6.07 Å². The van der Waals surface area contributed by atoms with Gasteiger partial charge in [0.25, 0.3) is 11.8 Å². The van der Waals surface area contributed by atoms with Crippen molar-refractivity contribution in [3.8, 4) is 0 Å². The van der Waals surface area contributed by atoms with Gasteiger partial charge in [-0.1, -0.05) is 18.2 Å². The average Bonchev–Trinajstić information content (AvgIpc) is 3.23. The fraction of sp³-hybridized carbons (Fsp3) is 0.0625. The van der Waals surface area contributed by atoms with Crippen LogP contribution in [-0.2, 0) is 9.59 Å². The number of para-hydroxylation sites is 1. The molecule has 0 spiro atoms. The number of amides is 2. The predicted molar refractivity (Wildman–Crippen MR) is 81.4 cm³/mol. The minimum absolute atomic E-state index is 0.307. The summed E-state index contributed by atoms with van der Waals surface area (Å²) in [4.78, 5) is 33.2. The van der Waals surface area contributed by atoms with Crippen LogP contribution in [0.25, 0.3) is 22.2 Å². The third-order valence-electron chi connectivity index (χ3n) is 3.88. The van der Waals surface area contributed by atoms with E-state index in [1.807, 2.05) is 24.3 Å². The number of H-pyrrole nitrogens is 1. The van der Waals surface area contributed by atoms with E-state index in [4.69, 9.17) is 0 Å². The zero-order valence-electron chi connectivity index (χ0n) is 11.8. The number of benzene rings is 1. The molecule has 0 atom stereocenters. The molecule has 2 aromatic heterocycles. The van der Waals surface area contributed by atoms with Crippen LogP contribution in [0.1, 0.15) is 5.56 Å². The smallest absolute Gasteiger partial charge is 0.278 e. The van der Waals surface area contributed by atoms with Crippen molar-refractivity contribution in [2.45, 2.75) is 0 Å². The summed E-state index contributed by atoms with van der Waals surface area (Å²) < 4.78 is 1.58. The second kappa shape index (κ2) is 4.42. The summed E-state index contributed by atoms with van der Waals surface area (Å²) >= 11 is 0. The number of nitrogens with zero attached hydrogens (tertiary/aromatic N) is 3. The van der Waals surface area contributed by atoms with Crippen LogP contribution in [0.3, 0.4) is 0 Å². The van der Waals surface area contributed by atoms with Crippen LogP contribution in [0, 0.1) is 0 Å². The van der Waals surface area contributed by atoms with Crippen molar-refractivity contribution in [2.24, 2.45) is 0 Å². The second-order valence-electron chi connectivity index (χ2n) is 5.11. The first kappa shape index (κ1) is 12.6. The number of hydrogen-bond acceptors (Lipinski definition) is 3. The molecule has 0 saturated heterocycles. The number of imidazole rings is 1. The van der Waals surface area contributed by atoms with Gasteiger partial charge in [-0.25, -0.2) is 4.98 Å². The second-order valence-corrected chi connectivity index (χ2v) is 5.11. The third kappa shape index (κ3) is 1.57. The Bertz CT molecular complexity index is 934. The summed E-state index contributed by atoms with van der Waals surface area (Å²) in [5.41, 5.74) is 2.37. The molecule has 2 amide bonds. The molecule has 1 N–H and O–H groups in total. The maximum atomic E-state index is 12.6. The van der Waals surface area contributed by atoms with Crippen LogP contribution in [0.15, 0.2) is 49.2 Å². The molecule has 1 aliphatic rings. The number of hydrogen-bond donors (Lipinski definition) is 1. The molecule has 22 heavy (non-hydrogen) atoms. The van der Waals surface area contributed by atoms with Gasteiger partial charge in [0, 0.05) is 42.1 Å². The molecule has 0 bridgehead atoms. The normalized spacial score (nSPS) is 15.4. The van der Waals surface area contributed by atoms with Gasteiger partial charge < -0.3 is 9.55 Å². The molecule has 0 saturated carbocycles. The highest BCUT2D eigenvalue weighted by Crippen LogP contribution is 2.35. The number of likely N-dealkylation sites (N-methyl/N-ethyl adjacent to an activating group) is 1. The largest absolute Gasteiger partial charge is 0.361 e. The van der Waals surface area contributed by atoms with Crippen LogP contribution < -0.4 is 0 Å². The zero-order valence-corrected chi connectivity index (χ0v) is 11.8. The summed E-state index contributed by atoms with van der Waals surface area (Å²) in [7, 11) is 1.49. The predicted octanol–water partition coefficient (Wildman–Crippen LogP) is 1.73. The van der Waals surface area contributed by atoms with Crippen molar-refractivity contribution < 1.29 is 9.59 Å². The van der Waals surface area contributed by atoms with Gasteiger partial charge in [0.05, 0.1) is 11.9 Å². The van der Waals surface area contributed by atoms with E-state index in [0.717, 1.165) is 21.4 Å². The number of carbonyl (C=O) groups is 2. The lowest BCUT2D eigenvalue weighted by atomic mass is 10.0. The van der Waals surface area contributed by atoms with Gasteiger partial charge >= 0.3 is 0 Å². The van der Waals surface area contributed by atoms with Crippen LogP contribution in [0.5, 0.6) is 0 Å². The first-order chi connectivity index (χ1) is 10.7. The Labute approximate surface area is 125 Å². The highest BCUT2D eigenvalue weighted by molar-refractivity contribution is 6.47. The molecule has 108 valence electrons. The zero-order chi connectivity index (χ0) is 15.3. The van der Waals surface area contributed by atoms with Crippen LogP contribution >= 0.6 is 0 Å². The number of aromatic amines is 1. The summed E-state index contributed by atoms with van der Waals surface area (Å²) in [5, 5.41) is 0.909. The van der Waals surface area contributed by atoms with Gasteiger partial charge in [0.2, 0.25) is 0 Å². The summed E-state index contributed by atoms with van der Waals surface area (Å²) in [5.74, 6) is -0.637. The standard InChI is InChI=1S/C16H12N4O2/c1-19-15(21)13(14(16(19)22)20-7-6-17-9-20)11-8-18-12-5-3-2-4-10(11)12/h2-9,18H,1H3. The van der Waals surface area contributed by atoms with Crippen molar-refractivity contribution in [1.82, 2.24) is 19.4 Å². The molecule has 6 nitrogen and oxygen atoms in total. The fourth-order valence-corrected chi connectivity index (χ4v) is 2.78. The molecule has 3 aromatic rings. The molecule has 1 aromatic carbocycles. The van der Waals surface area contributed by atoms with E-state index in [-0.39, 0.29) is 11.8 Å². The topological polar surface area (TPSA) is 71.0 Å². The Balaban J connectivity index is 2.04. The Hall–Kier alpha value is -3.15. The van der Waals surface area contributed by atoms with E-state index in [1.54, 1.807) is 23.2 Å². The molecule has 0 fully saturated rings. The number of fused-ring (bicyclic) bond motifs is 1. The Kier molecular flexibility index (Phi) is 2.53. The van der Waals surface area contributed by atoms with E-state index in [2.05, 4.69) is 9.97 Å². The molecular weight excluding hydrogens is 280 g/mol. The van der Waals surface area contributed by atoms with Gasteiger partial charge in [-0.2, -0.15) is 0 Å². The van der Waals surface area contributed by atoms with E-state index < -0.39 is 0 Å². The van der Waals surface area contributed by atoms with Crippen molar-refractivity contribution in [2.75, 3.05) is 7.05 Å². The lowest BCUT2D eigenvalue weighted by Crippen LogP contribution is -2.27. The summed E-state index contributed by atoms with van der Waals surface area (Å²) in [6.07, 6.45) is 6.53. The van der Waals surface area contributed by atoms with Gasteiger partial charge in [0.15, 0.2) is 0 Å². The fourth-order valence-electron chi connectivity index (χ4n) is 2.78. The Morgan fingerprint density at radius 2 is 1.95 bits per heavy atom. The molecule has 1 aliphatic heterocycles. The summed E-state index contributed by atoms with van der Waals surface area (Å²) in [6, 6.07) is 7.68. The first-order valence-corrected chi connectivity index (χ1v) is 6.80. The minimum Gasteiger partial charge on any atom is -0.361 e. The van der Waals surface area contributed by atoms with Crippen molar-refractivity contribution in [3.05, 3.63) is 54.7 Å². The van der Waals surface area contributed by atoms with Crippen LogP contribution in [0.4, 0.5) is 0 Å². The van der Waals surface area contributed by atoms with Crippen LogP contribution in [0.2, 0.25) is 0 Å². The van der Waals surface area contributed by atoms with Crippen molar-refractivity contribution in [1.29, 1.82) is 0 Å². The molecular formula is C16H12N4O2. The minimum atomic E-state index is -0.330.